The van der Waals surface area contributed by atoms with E-state index < -0.39 is 0 Å². The molecular formula is C19H19NO2. The lowest BCUT2D eigenvalue weighted by molar-refractivity contribution is -0.145. The van der Waals surface area contributed by atoms with Crippen LogP contribution < -0.4 is 5.32 Å². The predicted octanol–water partition coefficient (Wildman–Crippen LogP) is 4.36. The van der Waals surface area contributed by atoms with Gasteiger partial charge in [0.2, 0.25) is 0 Å². The summed E-state index contributed by atoms with van der Waals surface area (Å²) in [6.07, 6.45) is -0.0948. The first kappa shape index (κ1) is 14.4. The van der Waals surface area contributed by atoms with Gasteiger partial charge in [-0.2, -0.15) is 0 Å². The summed E-state index contributed by atoms with van der Waals surface area (Å²) in [5.74, 6) is -0.243. The molecule has 0 saturated carbocycles. The summed E-state index contributed by atoms with van der Waals surface area (Å²) in [4.78, 5) is 11.7. The maximum atomic E-state index is 11.7. The van der Waals surface area contributed by atoms with Crippen molar-refractivity contribution in [2.24, 2.45) is 0 Å². The molecule has 0 amide bonds. The van der Waals surface area contributed by atoms with Crippen LogP contribution in [0, 0.1) is 0 Å². The van der Waals surface area contributed by atoms with Gasteiger partial charge in [-0.05, 0) is 36.1 Å². The largest absolute Gasteiger partial charge is 0.462 e. The molecule has 0 spiro atoms. The Balaban J connectivity index is 1.99. The van der Waals surface area contributed by atoms with Crippen molar-refractivity contribution in [2.45, 2.75) is 20.0 Å². The number of hydrogen-bond acceptors (Lipinski definition) is 3. The van der Waals surface area contributed by atoms with Crippen LogP contribution in [0.4, 0.5) is 5.69 Å². The van der Waals surface area contributed by atoms with E-state index in [2.05, 4.69) is 35.6 Å². The molecule has 1 N–H and O–H groups in total. The summed E-state index contributed by atoms with van der Waals surface area (Å²) in [6, 6.07) is 18.6. The van der Waals surface area contributed by atoms with Crippen LogP contribution in [-0.2, 0) is 9.53 Å². The highest BCUT2D eigenvalue weighted by atomic mass is 16.5. The molecule has 0 aromatic heterocycles. The number of hydrogen-bond donors (Lipinski definition) is 1. The first-order chi connectivity index (χ1) is 10.6. The second-order valence-electron chi connectivity index (χ2n) is 5.58. The van der Waals surface area contributed by atoms with Gasteiger partial charge in [0, 0.05) is 11.1 Å². The number of nitrogens with one attached hydrogen (secondary N) is 1. The molecule has 0 saturated heterocycles. The molecule has 3 nitrogen and oxygen atoms in total. The molecule has 0 heterocycles. The summed E-state index contributed by atoms with van der Waals surface area (Å²) in [5.41, 5.74) is 0.954. The molecule has 3 rings (SSSR count). The van der Waals surface area contributed by atoms with E-state index in [0.717, 1.165) is 16.5 Å². The van der Waals surface area contributed by atoms with Crippen molar-refractivity contribution in [3.8, 4) is 0 Å². The average Bonchev–Trinajstić information content (AvgIpc) is 2.52. The fourth-order valence-corrected chi connectivity index (χ4v) is 2.67. The first-order valence-electron chi connectivity index (χ1n) is 7.49. The van der Waals surface area contributed by atoms with Crippen LogP contribution >= 0.6 is 0 Å². The highest BCUT2D eigenvalue weighted by Gasteiger charge is 2.09. The van der Waals surface area contributed by atoms with Crippen molar-refractivity contribution in [2.75, 3.05) is 11.9 Å². The van der Waals surface area contributed by atoms with E-state index in [1.165, 1.54) is 10.8 Å². The van der Waals surface area contributed by atoms with Crippen molar-refractivity contribution < 1.29 is 9.53 Å². The molecule has 0 unspecified atom stereocenters. The molecule has 0 fully saturated rings. The summed E-state index contributed by atoms with van der Waals surface area (Å²) in [5, 5.41) is 7.87. The van der Waals surface area contributed by atoms with Crippen LogP contribution in [-0.4, -0.2) is 18.6 Å². The zero-order valence-electron chi connectivity index (χ0n) is 12.8. The third-order valence-corrected chi connectivity index (χ3v) is 3.56. The summed E-state index contributed by atoms with van der Waals surface area (Å²) < 4.78 is 5.17. The van der Waals surface area contributed by atoms with E-state index in [0.29, 0.717) is 0 Å². The Kier molecular flexibility index (Phi) is 3.96. The van der Waals surface area contributed by atoms with E-state index in [9.17, 15) is 4.79 Å². The van der Waals surface area contributed by atoms with Crippen molar-refractivity contribution in [1.29, 1.82) is 0 Å². The number of carbonyl (C=O) groups is 1. The normalized spacial score (nSPS) is 11.0. The molecular weight excluding hydrogens is 274 g/mol. The Labute approximate surface area is 129 Å². The standard InChI is InChI=1S/C19H19NO2/c1-13(2)22-19(21)12-20-18-11-14-7-3-4-8-15(14)16-9-5-6-10-17(16)18/h3-11,13,20H,12H2,1-2H3. The molecule has 112 valence electrons. The minimum Gasteiger partial charge on any atom is -0.462 e. The topological polar surface area (TPSA) is 38.3 Å². The number of carbonyl (C=O) groups excluding carboxylic acids is 1. The lowest BCUT2D eigenvalue weighted by Gasteiger charge is -2.13. The highest BCUT2D eigenvalue weighted by molar-refractivity contribution is 6.13. The van der Waals surface area contributed by atoms with Crippen LogP contribution in [0.15, 0.2) is 54.6 Å². The monoisotopic (exact) mass is 293 g/mol. The van der Waals surface area contributed by atoms with Gasteiger partial charge in [0.05, 0.1) is 6.10 Å². The molecule has 3 aromatic rings. The fourth-order valence-electron chi connectivity index (χ4n) is 2.67. The lowest BCUT2D eigenvalue weighted by Crippen LogP contribution is -2.20. The number of rotatable bonds is 4. The molecule has 3 heteroatoms. The van der Waals surface area contributed by atoms with E-state index in [1.807, 2.05) is 38.1 Å². The minimum absolute atomic E-state index is 0.0948. The summed E-state index contributed by atoms with van der Waals surface area (Å²) >= 11 is 0. The molecule has 0 bridgehead atoms. The summed E-state index contributed by atoms with van der Waals surface area (Å²) in [6.45, 7) is 3.87. The zero-order chi connectivity index (χ0) is 15.5. The number of esters is 1. The fraction of sp³-hybridized carbons (Fsp3) is 0.211. The number of benzene rings is 3. The number of fused-ring (bicyclic) bond motifs is 3. The van der Waals surface area contributed by atoms with Crippen LogP contribution in [0.3, 0.4) is 0 Å². The van der Waals surface area contributed by atoms with Gasteiger partial charge < -0.3 is 10.1 Å². The highest BCUT2D eigenvalue weighted by Crippen LogP contribution is 2.31. The van der Waals surface area contributed by atoms with Gasteiger partial charge in [0.25, 0.3) is 0 Å². The molecule has 0 radical (unpaired) electrons. The third-order valence-electron chi connectivity index (χ3n) is 3.56. The molecule has 0 aliphatic carbocycles. The van der Waals surface area contributed by atoms with Crippen LogP contribution in [0.1, 0.15) is 13.8 Å². The quantitative estimate of drug-likeness (QED) is 0.574. The number of anilines is 1. The van der Waals surface area contributed by atoms with Gasteiger partial charge in [0.1, 0.15) is 6.54 Å². The Bertz CT molecular complexity index is 824. The SMILES string of the molecule is CC(C)OC(=O)CNc1cc2ccccc2c2ccccc12. The number of ether oxygens (including phenoxy) is 1. The average molecular weight is 293 g/mol. The summed E-state index contributed by atoms with van der Waals surface area (Å²) in [7, 11) is 0. The van der Waals surface area contributed by atoms with Gasteiger partial charge in [-0.3, -0.25) is 4.79 Å². The van der Waals surface area contributed by atoms with Crippen molar-refractivity contribution in [3.05, 3.63) is 54.6 Å². The second kappa shape index (κ2) is 6.06. The molecule has 22 heavy (non-hydrogen) atoms. The van der Waals surface area contributed by atoms with Crippen molar-refractivity contribution >= 4 is 33.2 Å². The van der Waals surface area contributed by atoms with Gasteiger partial charge >= 0.3 is 5.97 Å². The van der Waals surface area contributed by atoms with Gasteiger partial charge in [-0.25, -0.2) is 0 Å². The molecule has 0 aliphatic rings. The maximum absolute atomic E-state index is 11.7. The maximum Gasteiger partial charge on any atom is 0.325 e. The van der Waals surface area contributed by atoms with E-state index in [-0.39, 0.29) is 18.6 Å². The van der Waals surface area contributed by atoms with Gasteiger partial charge in [-0.15, -0.1) is 0 Å². The van der Waals surface area contributed by atoms with E-state index in [4.69, 9.17) is 4.74 Å². The molecule has 0 aliphatic heterocycles. The van der Waals surface area contributed by atoms with Crippen molar-refractivity contribution in [1.82, 2.24) is 0 Å². The third kappa shape index (κ3) is 2.89. The van der Waals surface area contributed by atoms with Crippen LogP contribution in [0.25, 0.3) is 21.5 Å². The van der Waals surface area contributed by atoms with Gasteiger partial charge in [0.15, 0.2) is 0 Å². The smallest absolute Gasteiger partial charge is 0.325 e. The van der Waals surface area contributed by atoms with Crippen LogP contribution in [0.5, 0.6) is 0 Å². The zero-order valence-corrected chi connectivity index (χ0v) is 12.8. The first-order valence-corrected chi connectivity index (χ1v) is 7.49. The predicted molar refractivity (Wildman–Crippen MR) is 91.2 cm³/mol. The Morgan fingerprint density at radius 3 is 2.36 bits per heavy atom. The second-order valence-corrected chi connectivity index (χ2v) is 5.58. The lowest BCUT2D eigenvalue weighted by atomic mass is 10.0. The Hall–Kier alpha value is -2.55. The molecule has 3 aromatic carbocycles. The Morgan fingerprint density at radius 2 is 1.64 bits per heavy atom. The van der Waals surface area contributed by atoms with E-state index >= 15 is 0 Å². The Morgan fingerprint density at radius 1 is 1.00 bits per heavy atom. The molecule has 0 atom stereocenters. The minimum atomic E-state index is -0.243. The van der Waals surface area contributed by atoms with Gasteiger partial charge in [-0.1, -0.05) is 48.5 Å². The van der Waals surface area contributed by atoms with E-state index in [1.54, 1.807) is 0 Å². The van der Waals surface area contributed by atoms with Crippen LogP contribution in [0.2, 0.25) is 0 Å². The van der Waals surface area contributed by atoms with Crippen molar-refractivity contribution in [3.63, 3.8) is 0 Å².